The lowest BCUT2D eigenvalue weighted by Crippen LogP contribution is -2.26. The smallest absolute Gasteiger partial charge is 0.314 e. The predicted molar refractivity (Wildman–Crippen MR) is 136 cm³/mol. The first-order chi connectivity index (χ1) is 17.4. The van der Waals surface area contributed by atoms with E-state index in [1.54, 1.807) is 19.1 Å². The van der Waals surface area contributed by atoms with Crippen molar-refractivity contribution in [2.24, 2.45) is 10.2 Å². The summed E-state index contributed by atoms with van der Waals surface area (Å²) in [5.41, 5.74) is -0.117. The molecule has 3 rings (SSSR count). The van der Waals surface area contributed by atoms with Gasteiger partial charge in [-0.3, -0.25) is 20.0 Å². The maximum absolute atomic E-state index is 12.9. The van der Waals surface area contributed by atoms with Crippen LogP contribution in [0.25, 0.3) is 5.69 Å². The molecule has 0 fully saturated rings. The lowest BCUT2D eigenvalue weighted by atomic mass is 10.2. The van der Waals surface area contributed by atoms with Gasteiger partial charge in [-0.2, -0.15) is 0 Å². The number of azo groups is 1. The highest BCUT2D eigenvalue weighted by Gasteiger charge is 2.25. The number of hydrogen-bond acceptors (Lipinski definition) is 9. The van der Waals surface area contributed by atoms with Crippen LogP contribution < -0.4 is 10.3 Å². The summed E-state index contributed by atoms with van der Waals surface area (Å²) < 4.78 is 34.4. The van der Waals surface area contributed by atoms with Gasteiger partial charge in [0.15, 0.2) is 5.69 Å². The number of ether oxygens (including phenoxy) is 1. The van der Waals surface area contributed by atoms with Crippen LogP contribution in [0.1, 0.15) is 31.5 Å². The zero-order chi connectivity index (χ0) is 27.3. The van der Waals surface area contributed by atoms with E-state index in [0.717, 1.165) is 17.7 Å². The molecular formula is C23H28N6O7S. The predicted octanol–water partition coefficient (Wildman–Crippen LogP) is 3.91. The standard InChI is InChI=1S/C23H28N6O7S/c1-14(2)36-11-5-10-24-37(34,35)18-12-19(22(30)20(13-18)29(32)33)25-26-21-16(4)27-28(23(21)31)17-8-6-15(3)7-9-17/h6-9,12-14,24,27,30H,5,10-11H2,1-4H3. The van der Waals surface area contributed by atoms with Gasteiger partial charge < -0.3 is 9.84 Å². The Hall–Kier alpha value is -3.88. The number of aromatic amines is 1. The van der Waals surface area contributed by atoms with E-state index in [-0.39, 0.29) is 18.3 Å². The van der Waals surface area contributed by atoms with Crippen molar-refractivity contribution in [3.8, 4) is 11.4 Å². The van der Waals surface area contributed by atoms with Crippen molar-refractivity contribution >= 4 is 27.1 Å². The number of phenols is 1. The number of nitrogens with one attached hydrogen (secondary N) is 2. The van der Waals surface area contributed by atoms with Crippen LogP contribution in [0.4, 0.5) is 17.1 Å². The average molecular weight is 533 g/mol. The monoisotopic (exact) mass is 532 g/mol. The van der Waals surface area contributed by atoms with E-state index in [2.05, 4.69) is 20.0 Å². The molecule has 0 bridgehead atoms. The number of hydrogen-bond donors (Lipinski definition) is 3. The maximum Gasteiger partial charge on any atom is 0.314 e. The molecule has 0 unspecified atom stereocenters. The van der Waals surface area contributed by atoms with Crippen molar-refractivity contribution in [3.63, 3.8) is 0 Å². The molecule has 2 aromatic carbocycles. The third-order valence-electron chi connectivity index (χ3n) is 5.20. The Morgan fingerprint density at radius 2 is 1.86 bits per heavy atom. The van der Waals surface area contributed by atoms with Crippen LogP contribution in [0, 0.1) is 24.0 Å². The maximum atomic E-state index is 12.9. The summed E-state index contributed by atoms with van der Waals surface area (Å²) in [6.07, 6.45) is 0.374. The fourth-order valence-corrected chi connectivity index (χ4v) is 4.38. The normalized spacial score (nSPS) is 12.0. The van der Waals surface area contributed by atoms with Gasteiger partial charge in [0.25, 0.3) is 5.56 Å². The SMILES string of the molecule is Cc1ccc(-n2[nH]c(C)c(N=Nc3cc(S(=O)(=O)NCCCOC(C)C)cc([N+](=O)[O-])c3O)c2=O)cc1. The Kier molecular flexibility index (Phi) is 8.57. The minimum absolute atomic E-state index is 0.00561. The molecule has 0 aliphatic heterocycles. The number of benzene rings is 2. The van der Waals surface area contributed by atoms with Crippen LogP contribution in [0.2, 0.25) is 0 Å². The Bertz CT molecular complexity index is 1470. The van der Waals surface area contributed by atoms with Crippen molar-refractivity contribution in [1.29, 1.82) is 0 Å². The van der Waals surface area contributed by atoms with Crippen LogP contribution in [0.3, 0.4) is 0 Å². The van der Waals surface area contributed by atoms with Gasteiger partial charge in [-0.05, 0) is 52.3 Å². The van der Waals surface area contributed by atoms with Crippen molar-refractivity contribution in [1.82, 2.24) is 14.5 Å². The van der Waals surface area contributed by atoms with Gasteiger partial charge in [0, 0.05) is 19.2 Å². The summed E-state index contributed by atoms with van der Waals surface area (Å²) >= 11 is 0. The second kappa shape index (κ2) is 11.5. The molecule has 198 valence electrons. The second-order valence-electron chi connectivity index (χ2n) is 8.50. The Morgan fingerprint density at radius 1 is 1.19 bits per heavy atom. The van der Waals surface area contributed by atoms with E-state index < -0.39 is 42.5 Å². The van der Waals surface area contributed by atoms with Gasteiger partial charge in [0.1, 0.15) is 5.69 Å². The molecule has 3 aromatic rings. The zero-order valence-electron chi connectivity index (χ0n) is 20.8. The van der Waals surface area contributed by atoms with Crippen LogP contribution >= 0.6 is 0 Å². The molecule has 37 heavy (non-hydrogen) atoms. The zero-order valence-corrected chi connectivity index (χ0v) is 21.6. The van der Waals surface area contributed by atoms with E-state index in [1.165, 1.54) is 4.68 Å². The molecule has 0 spiro atoms. The quantitative estimate of drug-likeness (QED) is 0.145. The molecule has 14 heteroatoms. The number of aryl methyl sites for hydroxylation is 2. The van der Waals surface area contributed by atoms with Gasteiger partial charge in [-0.15, -0.1) is 10.2 Å². The van der Waals surface area contributed by atoms with Crippen LogP contribution in [-0.4, -0.2) is 47.5 Å². The first-order valence-corrected chi connectivity index (χ1v) is 12.8. The molecule has 0 aliphatic rings. The van der Waals surface area contributed by atoms with Crippen LogP contribution in [-0.2, 0) is 14.8 Å². The molecule has 1 heterocycles. The number of phenolic OH excluding ortho intramolecular Hbond substituents is 1. The van der Waals surface area contributed by atoms with Gasteiger partial charge in [-0.1, -0.05) is 17.7 Å². The van der Waals surface area contributed by atoms with Gasteiger partial charge in [0.05, 0.1) is 27.3 Å². The number of nitro groups is 1. The molecule has 0 saturated carbocycles. The Balaban J connectivity index is 1.94. The van der Waals surface area contributed by atoms with E-state index in [4.69, 9.17) is 4.74 Å². The minimum Gasteiger partial charge on any atom is -0.501 e. The van der Waals surface area contributed by atoms with Gasteiger partial charge in [-0.25, -0.2) is 17.8 Å². The van der Waals surface area contributed by atoms with E-state index in [0.29, 0.717) is 24.4 Å². The summed E-state index contributed by atoms with van der Waals surface area (Å²) in [5.74, 6) is -0.884. The summed E-state index contributed by atoms with van der Waals surface area (Å²) in [6, 6.07) is 8.80. The van der Waals surface area contributed by atoms with Crippen molar-refractivity contribution in [2.45, 2.75) is 45.1 Å². The first-order valence-electron chi connectivity index (χ1n) is 11.3. The third-order valence-corrected chi connectivity index (χ3v) is 6.65. The van der Waals surface area contributed by atoms with Gasteiger partial charge >= 0.3 is 5.69 Å². The topological polar surface area (TPSA) is 181 Å². The fraction of sp³-hybridized carbons (Fsp3) is 0.348. The molecular weight excluding hydrogens is 504 g/mol. The number of nitro benzene ring substituents is 1. The second-order valence-corrected chi connectivity index (χ2v) is 10.3. The van der Waals surface area contributed by atoms with Crippen LogP contribution in [0.15, 0.2) is 56.3 Å². The number of aromatic hydroxyl groups is 1. The number of H-pyrrole nitrogens is 1. The number of nitrogens with zero attached hydrogens (tertiary/aromatic N) is 4. The van der Waals surface area contributed by atoms with Crippen molar-refractivity contribution < 1.29 is 23.2 Å². The highest BCUT2D eigenvalue weighted by atomic mass is 32.2. The molecule has 0 saturated heterocycles. The molecule has 0 radical (unpaired) electrons. The van der Waals surface area contributed by atoms with Gasteiger partial charge in [0.2, 0.25) is 15.8 Å². The largest absolute Gasteiger partial charge is 0.501 e. The highest BCUT2D eigenvalue weighted by molar-refractivity contribution is 7.89. The Morgan fingerprint density at radius 3 is 2.49 bits per heavy atom. The number of rotatable bonds is 11. The summed E-state index contributed by atoms with van der Waals surface area (Å²) in [4.78, 5) is 22.9. The fourth-order valence-electron chi connectivity index (χ4n) is 3.27. The molecule has 0 atom stereocenters. The molecule has 0 aliphatic carbocycles. The molecule has 13 nitrogen and oxygen atoms in total. The van der Waals surface area contributed by atoms with Crippen molar-refractivity contribution in [3.05, 3.63) is 68.1 Å². The molecule has 3 N–H and O–H groups in total. The summed E-state index contributed by atoms with van der Waals surface area (Å²) in [6.45, 7) is 7.54. The highest BCUT2D eigenvalue weighted by Crippen LogP contribution is 2.39. The van der Waals surface area contributed by atoms with Crippen molar-refractivity contribution in [2.75, 3.05) is 13.2 Å². The molecule has 1 aromatic heterocycles. The van der Waals surface area contributed by atoms with E-state index >= 15 is 0 Å². The van der Waals surface area contributed by atoms with E-state index in [9.17, 15) is 28.4 Å². The molecule has 0 amide bonds. The van der Waals surface area contributed by atoms with E-state index in [1.807, 2.05) is 32.9 Å². The summed E-state index contributed by atoms with van der Waals surface area (Å²) in [7, 11) is -4.19. The first kappa shape index (κ1) is 27.7. The number of sulfonamides is 1. The minimum atomic E-state index is -4.19. The lowest BCUT2D eigenvalue weighted by molar-refractivity contribution is -0.386. The number of aromatic nitrogens is 2. The summed E-state index contributed by atoms with van der Waals surface area (Å²) in [5, 5.41) is 32.4. The average Bonchev–Trinajstić information content (AvgIpc) is 3.11. The van der Waals surface area contributed by atoms with Crippen LogP contribution in [0.5, 0.6) is 5.75 Å². The third kappa shape index (κ3) is 6.67. The Labute approximate surface area is 213 Å². The lowest BCUT2D eigenvalue weighted by Gasteiger charge is -2.10.